The SMILES string of the molecule is COc1ccc(N2C(=O)SC(CC(=O)Nc3ccc(O)cc3C)C2=O)c(OC)c1. The molecule has 9 heteroatoms. The summed E-state index contributed by atoms with van der Waals surface area (Å²) in [6.45, 7) is 1.74. The number of phenolic OH excluding ortho intramolecular Hbond substituents is 1. The molecule has 0 saturated carbocycles. The average Bonchev–Trinajstić information content (AvgIpc) is 2.96. The van der Waals surface area contributed by atoms with E-state index < -0.39 is 22.3 Å². The lowest BCUT2D eigenvalue weighted by molar-refractivity contribution is -0.121. The van der Waals surface area contributed by atoms with E-state index >= 15 is 0 Å². The Labute approximate surface area is 171 Å². The van der Waals surface area contributed by atoms with Crippen molar-refractivity contribution in [3.8, 4) is 17.2 Å². The standard InChI is InChI=1S/C20H20N2O6S/c1-11-8-12(23)4-6-14(11)21-18(24)10-17-19(25)22(20(26)29-17)15-7-5-13(27-2)9-16(15)28-3/h4-9,17,23H,10H2,1-3H3,(H,21,24). The van der Waals surface area contributed by atoms with Gasteiger partial charge < -0.3 is 19.9 Å². The summed E-state index contributed by atoms with van der Waals surface area (Å²) in [6, 6.07) is 9.32. The van der Waals surface area contributed by atoms with E-state index in [1.165, 1.54) is 26.4 Å². The van der Waals surface area contributed by atoms with Crippen LogP contribution < -0.4 is 19.7 Å². The molecular formula is C20H20N2O6S. The lowest BCUT2D eigenvalue weighted by Crippen LogP contribution is -2.33. The zero-order chi connectivity index (χ0) is 21.1. The summed E-state index contributed by atoms with van der Waals surface area (Å²) in [7, 11) is 2.93. The molecule has 0 aliphatic carbocycles. The molecule has 1 heterocycles. The van der Waals surface area contributed by atoms with Crippen molar-refractivity contribution in [1.29, 1.82) is 0 Å². The zero-order valence-electron chi connectivity index (χ0n) is 16.1. The highest BCUT2D eigenvalue weighted by Crippen LogP contribution is 2.39. The van der Waals surface area contributed by atoms with Crippen LogP contribution in [-0.2, 0) is 9.59 Å². The van der Waals surface area contributed by atoms with E-state index in [0.717, 1.165) is 16.7 Å². The fourth-order valence-corrected chi connectivity index (χ4v) is 3.91. The van der Waals surface area contributed by atoms with Gasteiger partial charge in [-0.2, -0.15) is 0 Å². The Hall–Kier alpha value is -3.20. The number of nitrogens with one attached hydrogen (secondary N) is 1. The number of imide groups is 1. The maximum Gasteiger partial charge on any atom is 0.293 e. The first-order chi connectivity index (χ1) is 13.8. The number of phenols is 1. The zero-order valence-corrected chi connectivity index (χ0v) is 16.9. The molecule has 1 atom stereocenters. The third-order valence-corrected chi connectivity index (χ3v) is 5.44. The van der Waals surface area contributed by atoms with Crippen LogP contribution in [0.1, 0.15) is 12.0 Å². The molecule has 1 fully saturated rings. The maximum atomic E-state index is 12.8. The molecular weight excluding hydrogens is 396 g/mol. The van der Waals surface area contributed by atoms with Crippen molar-refractivity contribution in [2.45, 2.75) is 18.6 Å². The van der Waals surface area contributed by atoms with E-state index in [9.17, 15) is 19.5 Å². The number of ether oxygens (including phenoxy) is 2. The number of aryl methyl sites for hydroxylation is 1. The van der Waals surface area contributed by atoms with Crippen molar-refractivity contribution in [3.05, 3.63) is 42.0 Å². The minimum absolute atomic E-state index is 0.0942. The normalized spacial score (nSPS) is 16.1. The number of carbonyl (C=O) groups excluding carboxylic acids is 3. The first-order valence-corrected chi connectivity index (χ1v) is 9.58. The van der Waals surface area contributed by atoms with Gasteiger partial charge in [0.05, 0.1) is 19.9 Å². The molecule has 29 heavy (non-hydrogen) atoms. The number of amides is 3. The lowest BCUT2D eigenvalue weighted by atomic mass is 10.1. The number of hydrogen-bond donors (Lipinski definition) is 2. The van der Waals surface area contributed by atoms with Crippen LogP contribution in [0.25, 0.3) is 0 Å². The highest BCUT2D eigenvalue weighted by Gasteiger charge is 2.42. The van der Waals surface area contributed by atoms with Crippen LogP contribution in [-0.4, -0.2) is 41.6 Å². The molecule has 8 nitrogen and oxygen atoms in total. The molecule has 152 valence electrons. The second-order valence-corrected chi connectivity index (χ2v) is 7.49. The molecule has 2 aromatic rings. The molecule has 2 aromatic carbocycles. The van der Waals surface area contributed by atoms with Crippen molar-refractivity contribution in [3.63, 3.8) is 0 Å². The summed E-state index contributed by atoms with van der Waals surface area (Å²) in [6.07, 6.45) is -0.162. The lowest BCUT2D eigenvalue weighted by Gasteiger charge is -2.18. The first kappa shape index (κ1) is 20.5. The van der Waals surface area contributed by atoms with Gasteiger partial charge in [0, 0.05) is 18.2 Å². The minimum atomic E-state index is -0.841. The van der Waals surface area contributed by atoms with Crippen molar-refractivity contribution >= 4 is 40.2 Å². The smallest absolute Gasteiger partial charge is 0.293 e. The fourth-order valence-electron chi connectivity index (χ4n) is 2.93. The van der Waals surface area contributed by atoms with Crippen LogP contribution in [0, 0.1) is 6.92 Å². The number of methoxy groups -OCH3 is 2. The number of benzene rings is 2. The van der Waals surface area contributed by atoms with Gasteiger partial charge in [-0.3, -0.25) is 14.4 Å². The maximum absolute atomic E-state index is 12.8. The third-order valence-electron chi connectivity index (χ3n) is 4.40. The van der Waals surface area contributed by atoms with Gasteiger partial charge >= 0.3 is 0 Å². The van der Waals surface area contributed by atoms with E-state index in [-0.39, 0.29) is 12.2 Å². The Morgan fingerprint density at radius 2 is 1.93 bits per heavy atom. The Morgan fingerprint density at radius 3 is 2.59 bits per heavy atom. The van der Waals surface area contributed by atoms with Crippen LogP contribution in [0.3, 0.4) is 0 Å². The average molecular weight is 416 g/mol. The van der Waals surface area contributed by atoms with Gasteiger partial charge in [0.2, 0.25) is 11.8 Å². The number of hydrogen-bond acceptors (Lipinski definition) is 7. The summed E-state index contributed by atoms with van der Waals surface area (Å²) in [5.41, 5.74) is 1.51. The Morgan fingerprint density at radius 1 is 1.17 bits per heavy atom. The summed E-state index contributed by atoms with van der Waals surface area (Å²) < 4.78 is 10.4. The molecule has 1 aliphatic heterocycles. The third kappa shape index (κ3) is 4.29. The Bertz CT molecular complexity index is 977. The second-order valence-electron chi connectivity index (χ2n) is 6.34. The van der Waals surface area contributed by atoms with Crippen molar-refractivity contribution in [2.24, 2.45) is 0 Å². The number of carbonyl (C=O) groups is 3. The second kappa shape index (κ2) is 8.44. The van der Waals surface area contributed by atoms with Crippen molar-refractivity contribution in [2.75, 3.05) is 24.4 Å². The summed E-state index contributed by atoms with van der Waals surface area (Å²) in [4.78, 5) is 38.7. The number of nitrogens with zero attached hydrogens (tertiary/aromatic N) is 1. The van der Waals surface area contributed by atoms with Crippen LogP contribution in [0.5, 0.6) is 17.2 Å². The predicted molar refractivity (Wildman–Crippen MR) is 110 cm³/mol. The molecule has 2 N–H and O–H groups in total. The predicted octanol–water partition coefficient (Wildman–Crippen LogP) is 3.32. The number of thioether (sulfide) groups is 1. The van der Waals surface area contributed by atoms with Gasteiger partial charge in [-0.1, -0.05) is 0 Å². The molecule has 0 aromatic heterocycles. The Kier molecular flexibility index (Phi) is 5.97. The number of anilines is 2. The van der Waals surface area contributed by atoms with Gasteiger partial charge in [-0.25, -0.2) is 4.90 Å². The van der Waals surface area contributed by atoms with Crippen molar-refractivity contribution in [1.82, 2.24) is 0 Å². The van der Waals surface area contributed by atoms with Crippen LogP contribution in [0.15, 0.2) is 36.4 Å². The summed E-state index contributed by atoms with van der Waals surface area (Å²) in [5, 5.41) is 10.8. The van der Waals surface area contributed by atoms with E-state index in [2.05, 4.69) is 5.32 Å². The quantitative estimate of drug-likeness (QED) is 0.696. The highest BCUT2D eigenvalue weighted by atomic mass is 32.2. The van der Waals surface area contributed by atoms with Crippen molar-refractivity contribution < 1.29 is 29.0 Å². The van der Waals surface area contributed by atoms with Gasteiger partial charge in [-0.15, -0.1) is 0 Å². The largest absolute Gasteiger partial charge is 0.508 e. The monoisotopic (exact) mass is 416 g/mol. The molecule has 0 radical (unpaired) electrons. The molecule has 3 rings (SSSR count). The molecule has 1 aliphatic rings. The first-order valence-electron chi connectivity index (χ1n) is 8.70. The minimum Gasteiger partial charge on any atom is -0.508 e. The molecule has 0 bridgehead atoms. The summed E-state index contributed by atoms with van der Waals surface area (Å²) in [5.74, 6) is 0.0488. The fraction of sp³-hybridized carbons (Fsp3) is 0.250. The van der Waals surface area contributed by atoms with Gasteiger partial charge in [-0.05, 0) is 54.6 Å². The van der Waals surface area contributed by atoms with Gasteiger partial charge in [0.15, 0.2) is 0 Å². The molecule has 1 unspecified atom stereocenters. The van der Waals surface area contributed by atoms with E-state index in [4.69, 9.17) is 9.47 Å². The van der Waals surface area contributed by atoms with Crippen LogP contribution in [0.2, 0.25) is 0 Å². The van der Waals surface area contributed by atoms with Crippen LogP contribution >= 0.6 is 11.8 Å². The van der Waals surface area contributed by atoms with E-state index in [1.807, 2.05) is 0 Å². The highest BCUT2D eigenvalue weighted by molar-refractivity contribution is 8.15. The van der Waals surface area contributed by atoms with E-state index in [0.29, 0.717) is 28.4 Å². The molecule has 3 amide bonds. The number of aromatic hydroxyl groups is 1. The van der Waals surface area contributed by atoms with Crippen LogP contribution in [0.4, 0.5) is 16.2 Å². The topological polar surface area (TPSA) is 105 Å². The van der Waals surface area contributed by atoms with Gasteiger partial charge in [0.25, 0.3) is 5.24 Å². The molecule has 0 spiro atoms. The summed E-state index contributed by atoms with van der Waals surface area (Å²) >= 11 is 0.801. The Balaban J connectivity index is 1.74. The van der Waals surface area contributed by atoms with E-state index in [1.54, 1.807) is 31.2 Å². The molecule has 1 saturated heterocycles. The van der Waals surface area contributed by atoms with Gasteiger partial charge in [0.1, 0.15) is 22.5 Å². The number of rotatable bonds is 6.